The maximum Gasteiger partial charge on any atom is 0.340 e. The van der Waals surface area contributed by atoms with E-state index < -0.39 is 5.97 Å². The van der Waals surface area contributed by atoms with Crippen LogP contribution in [0.25, 0.3) is 0 Å². The maximum atomic E-state index is 11.8. The van der Waals surface area contributed by atoms with Crippen LogP contribution >= 0.6 is 35.2 Å². The molecule has 0 aliphatic carbocycles. The van der Waals surface area contributed by atoms with Crippen LogP contribution in [0.1, 0.15) is 20.8 Å². The zero-order chi connectivity index (χ0) is 19.4. The van der Waals surface area contributed by atoms with Gasteiger partial charge in [-0.2, -0.15) is 0 Å². The van der Waals surface area contributed by atoms with Crippen molar-refractivity contribution in [2.24, 2.45) is 0 Å². The Kier molecular flexibility index (Phi) is 6.04. The van der Waals surface area contributed by atoms with Gasteiger partial charge in [0, 0.05) is 9.90 Å². The highest BCUT2D eigenvalue weighted by Gasteiger charge is 2.16. The number of ether oxygens (including phenoxy) is 1. The summed E-state index contributed by atoms with van der Waals surface area (Å²) in [7, 11) is 1.34. The lowest BCUT2D eigenvalue weighted by Crippen LogP contribution is -2.20. The lowest BCUT2D eigenvalue weighted by Gasteiger charge is -2.07. The molecule has 1 aromatic carbocycles. The average molecular weight is 422 g/mol. The monoisotopic (exact) mass is 421 g/mol. The largest absolute Gasteiger partial charge is 0.465 e. The molecule has 7 nitrogen and oxygen atoms in total. The number of esters is 1. The van der Waals surface area contributed by atoms with Gasteiger partial charge in [0.1, 0.15) is 11.3 Å². The standard InChI is InChI=1S/C17H16ClN5O2S2/c1-10-6-13(15(24)25-2)14(27-10)20-17(26)21-16-19-9-23(22-16)8-11-4-3-5-12(18)7-11/h3-7,9H,8H2,1-2H3,(H2,20,21,22,26). The molecule has 3 aromatic rings. The third kappa shape index (κ3) is 5.03. The van der Waals surface area contributed by atoms with Crippen LogP contribution in [-0.4, -0.2) is 33.0 Å². The third-order valence-electron chi connectivity index (χ3n) is 3.48. The zero-order valence-corrected chi connectivity index (χ0v) is 16.9. The fraction of sp³-hybridized carbons (Fsp3) is 0.176. The first-order valence-electron chi connectivity index (χ1n) is 7.85. The summed E-state index contributed by atoms with van der Waals surface area (Å²) in [5, 5.41) is 11.8. The Morgan fingerprint density at radius 1 is 1.37 bits per heavy atom. The van der Waals surface area contributed by atoms with E-state index in [-0.39, 0.29) is 5.11 Å². The number of hydrogen-bond acceptors (Lipinski definition) is 6. The smallest absolute Gasteiger partial charge is 0.340 e. The number of thiocarbonyl (C=S) groups is 1. The number of carbonyl (C=O) groups is 1. The van der Waals surface area contributed by atoms with Gasteiger partial charge < -0.3 is 10.1 Å². The van der Waals surface area contributed by atoms with Gasteiger partial charge in [0.05, 0.1) is 19.2 Å². The van der Waals surface area contributed by atoms with Crippen molar-refractivity contribution < 1.29 is 9.53 Å². The number of anilines is 2. The van der Waals surface area contributed by atoms with E-state index in [4.69, 9.17) is 28.6 Å². The van der Waals surface area contributed by atoms with Crippen LogP contribution in [0.4, 0.5) is 10.9 Å². The highest BCUT2D eigenvalue weighted by atomic mass is 35.5. The van der Waals surface area contributed by atoms with Crippen LogP contribution in [0.15, 0.2) is 36.7 Å². The predicted octanol–water partition coefficient (Wildman–Crippen LogP) is 3.95. The van der Waals surface area contributed by atoms with Gasteiger partial charge >= 0.3 is 5.97 Å². The zero-order valence-electron chi connectivity index (χ0n) is 14.5. The number of hydrogen-bond donors (Lipinski definition) is 2. The summed E-state index contributed by atoms with van der Waals surface area (Å²) in [6, 6.07) is 9.28. The number of methoxy groups -OCH3 is 1. The van der Waals surface area contributed by atoms with Crippen molar-refractivity contribution in [1.82, 2.24) is 14.8 Å². The molecular formula is C17H16ClN5O2S2. The Bertz CT molecular complexity index is 985. The van der Waals surface area contributed by atoms with Crippen LogP contribution < -0.4 is 10.6 Å². The summed E-state index contributed by atoms with van der Waals surface area (Å²) >= 11 is 12.7. The SMILES string of the molecule is COC(=O)c1cc(C)sc1NC(=S)Nc1ncn(Cc2cccc(Cl)c2)n1. The molecule has 0 aliphatic heterocycles. The van der Waals surface area contributed by atoms with Crippen LogP contribution in [0, 0.1) is 6.92 Å². The number of aromatic nitrogens is 3. The molecule has 27 heavy (non-hydrogen) atoms. The second kappa shape index (κ2) is 8.47. The van der Waals surface area contributed by atoms with Crippen LogP contribution in [0.5, 0.6) is 0 Å². The minimum atomic E-state index is -0.423. The third-order valence-corrected chi connectivity index (χ3v) is 4.89. The van der Waals surface area contributed by atoms with E-state index in [1.807, 2.05) is 31.2 Å². The van der Waals surface area contributed by atoms with Crippen molar-refractivity contribution in [3.05, 3.63) is 57.7 Å². The summed E-state index contributed by atoms with van der Waals surface area (Å²) in [6.45, 7) is 2.43. The number of benzene rings is 1. The molecule has 2 N–H and O–H groups in total. The lowest BCUT2D eigenvalue weighted by atomic mass is 10.2. The van der Waals surface area contributed by atoms with Gasteiger partial charge in [-0.15, -0.1) is 16.4 Å². The van der Waals surface area contributed by atoms with Gasteiger partial charge in [0.2, 0.25) is 5.95 Å². The number of aryl methyl sites for hydroxylation is 1. The Morgan fingerprint density at radius 3 is 2.93 bits per heavy atom. The number of nitrogens with one attached hydrogen (secondary N) is 2. The Labute approximate surface area is 170 Å². The quantitative estimate of drug-likeness (QED) is 0.477. The molecule has 2 heterocycles. The minimum Gasteiger partial charge on any atom is -0.465 e. The van der Waals surface area contributed by atoms with Crippen molar-refractivity contribution >= 4 is 57.2 Å². The van der Waals surface area contributed by atoms with Crippen molar-refractivity contribution in [2.45, 2.75) is 13.5 Å². The normalized spacial score (nSPS) is 10.5. The van der Waals surface area contributed by atoms with Crippen molar-refractivity contribution in [3.8, 4) is 0 Å². The first-order valence-corrected chi connectivity index (χ1v) is 9.45. The molecule has 140 valence electrons. The molecule has 3 rings (SSSR count). The van der Waals surface area contributed by atoms with Gasteiger partial charge in [-0.25, -0.2) is 14.5 Å². The van der Waals surface area contributed by atoms with Crippen LogP contribution in [0.3, 0.4) is 0 Å². The Morgan fingerprint density at radius 2 is 2.19 bits per heavy atom. The van der Waals surface area contributed by atoms with E-state index in [0.717, 1.165) is 10.4 Å². The van der Waals surface area contributed by atoms with Gasteiger partial charge in [0.15, 0.2) is 5.11 Å². The van der Waals surface area contributed by atoms with E-state index in [1.165, 1.54) is 18.4 Å². The van der Waals surface area contributed by atoms with E-state index in [2.05, 4.69) is 20.7 Å². The number of rotatable bonds is 5. The molecule has 0 radical (unpaired) electrons. The topological polar surface area (TPSA) is 81.1 Å². The molecule has 0 spiro atoms. The summed E-state index contributed by atoms with van der Waals surface area (Å²) < 4.78 is 6.46. The maximum absolute atomic E-state index is 11.8. The van der Waals surface area contributed by atoms with E-state index in [9.17, 15) is 4.79 Å². The summed E-state index contributed by atoms with van der Waals surface area (Å²) in [6.07, 6.45) is 1.60. The summed E-state index contributed by atoms with van der Waals surface area (Å²) in [4.78, 5) is 17.0. The fourth-order valence-electron chi connectivity index (χ4n) is 2.36. The predicted molar refractivity (Wildman–Crippen MR) is 111 cm³/mol. The second-order valence-corrected chi connectivity index (χ2v) is 7.67. The highest BCUT2D eigenvalue weighted by molar-refractivity contribution is 7.80. The molecule has 10 heteroatoms. The summed E-state index contributed by atoms with van der Waals surface area (Å²) in [5.41, 5.74) is 1.44. The van der Waals surface area contributed by atoms with E-state index >= 15 is 0 Å². The fourth-order valence-corrected chi connectivity index (χ4v) is 3.73. The summed E-state index contributed by atoms with van der Waals surface area (Å²) in [5.74, 6) is -0.0731. The van der Waals surface area contributed by atoms with Crippen molar-refractivity contribution in [2.75, 3.05) is 17.7 Å². The molecule has 0 atom stereocenters. The lowest BCUT2D eigenvalue weighted by molar-refractivity contribution is 0.0602. The molecule has 0 saturated heterocycles. The molecule has 0 bridgehead atoms. The van der Waals surface area contributed by atoms with Crippen LogP contribution in [-0.2, 0) is 11.3 Å². The average Bonchev–Trinajstić information content (AvgIpc) is 3.20. The molecule has 0 aliphatic rings. The molecule has 0 amide bonds. The van der Waals surface area contributed by atoms with Gasteiger partial charge in [0.25, 0.3) is 0 Å². The van der Waals surface area contributed by atoms with Gasteiger partial charge in [-0.05, 0) is 42.9 Å². The highest BCUT2D eigenvalue weighted by Crippen LogP contribution is 2.28. The van der Waals surface area contributed by atoms with Gasteiger partial charge in [-0.1, -0.05) is 23.7 Å². The number of thiophene rings is 1. The van der Waals surface area contributed by atoms with Crippen molar-refractivity contribution in [1.29, 1.82) is 0 Å². The molecule has 2 aromatic heterocycles. The second-order valence-electron chi connectivity index (χ2n) is 5.57. The van der Waals surface area contributed by atoms with E-state index in [1.54, 1.807) is 17.1 Å². The van der Waals surface area contributed by atoms with Gasteiger partial charge in [-0.3, -0.25) is 5.32 Å². The number of carbonyl (C=O) groups excluding carboxylic acids is 1. The Balaban J connectivity index is 1.64. The minimum absolute atomic E-state index is 0.280. The van der Waals surface area contributed by atoms with Crippen LogP contribution in [0.2, 0.25) is 5.02 Å². The van der Waals surface area contributed by atoms with Crippen molar-refractivity contribution in [3.63, 3.8) is 0 Å². The Hall–Kier alpha value is -2.49. The number of halogens is 1. The molecule has 0 saturated carbocycles. The first kappa shape index (κ1) is 19.3. The number of nitrogens with zero attached hydrogens (tertiary/aromatic N) is 3. The molecule has 0 fully saturated rings. The van der Waals surface area contributed by atoms with E-state index in [0.29, 0.717) is 28.1 Å². The molecule has 0 unspecified atom stereocenters. The molecular weight excluding hydrogens is 406 g/mol. The first-order chi connectivity index (χ1) is 12.9.